The van der Waals surface area contributed by atoms with Crippen molar-refractivity contribution in [3.05, 3.63) is 18.1 Å². The molecule has 2 N–H and O–H groups in total. The Bertz CT molecular complexity index is 538. The van der Waals surface area contributed by atoms with Gasteiger partial charge in [0.05, 0.1) is 5.69 Å². The van der Waals surface area contributed by atoms with Gasteiger partial charge in [0, 0.05) is 51.1 Å². The molecule has 0 atom stereocenters. The fourth-order valence-corrected chi connectivity index (χ4v) is 3.54. The summed E-state index contributed by atoms with van der Waals surface area (Å²) < 4.78 is 0. The number of aliphatic hydroxyl groups is 1. The van der Waals surface area contributed by atoms with Gasteiger partial charge in [-0.25, -0.2) is 9.78 Å². The molecule has 7 nitrogen and oxygen atoms in total. The largest absolute Gasteiger partial charge is 0.465 e. The first-order valence-electron chi connectivity index (χ1n) is 8.33. The average Bonchev–Trinajstić information content (AvgIpc) is 2.62. The molecule has 2 saturated heterocycles. The Morgan fingerprint density at radius 2 is 1.74 bits per heavy atom. The first-order chi connectivity index (χ1) is 11.2. The van der Waals surface area contributed by atoms with Crippen LogP contribution in [0.4, 0.5) is 10.6 Å². The molecular weight excluding hydrogens is 296 g/mol. The van der Waals surface area contributed by atoms with Gasteiger partial charge < -0.3 is 20.0 Å². The van der Waals surface area contributed by atoms with E-state index in [9.17, 15) is 9.90 Å². The predicted octanol–water partition coefficient (Wildman–Crippen LogP) is 1.54. The van der Waals surface area contributed by atoms with Gasteiger partial charge in [0.2, 0.25) is 0 Å². The van der Waals surface area contributed by atoms with Crippen LogP contribution in [0.25, 0.3) is 0 Å². The Morgan fingerprint density at radius 1 is 1.09 bits per heavy atom. The molecule has 0 bridgehead atoms. The van der Waals surface area contributed by atoms with Gasteiger partial charge in [-0.15, -0.1) is 0 Å². The molecule has 1 aromatic heterocycles. The molecule has 3 heterocycles. The first kappa shape index (κ1) is 16.0. The van der Waals surface area contributed by atoms with Gasteiger partial charge >= 0.3 is 6.09 Å². The van der Waals surface area contributed by atoms with Crippen LogP contribution in [-0.4, -0.2) is 64.0 Å². The predicted molar refractivity (Wildman–Crippen MR) is 85.6 cm³/mol. The number of likely N-dealkylation sites (tertiary alicyclic amines) is 1. The van der Waals surface area contributed by atoms with Gasteiger partial charge in [-0.2, -0.15) is 0 Å². The molecule has 3 rings (SSSR count). The lowest BCUT2D eigenvalue weighted by molar-refractivity contribution is 0.131. The van der Waals surface area contributed by atoms with Crippen LogP contribution in [0.2, 0.25) is 0 Å². The molecule has 2 aliphatic rings. The second kappa shape index (κ2) is 7.12. The maximum Gasteiger partial charge on any atom is 0.407 e. The van der Waals surface area contributed by atoms with Crippen LogP contribution in [0.3, 0.4) is 0 Å². The molecule has 1 aromatic rings. The van der Waals surface area contributed by atoms with E-state index >= 15 is 0 Å². The minimum absolute atomic E-state index is 0.259. The van der Waals surface area contributed by atoms with Crippen molar-refractivity contribution in [2.24, 2.45) is 5.92 Å². The second-order valence-corrected chi connectivity index (χ2v) is 6.42. The number of carbonyl (C=O) groups is 1. The normalized spacial score (nSPS) is 20.7. The van der Waals surface area contributed by atoms with Crippen LogP contribution in [0, 0.1) is 5.92 Å². The first-order valence-corrected chi connectivity index (χ1v) is 8.33. The van der Waals surface area contributed by atoms with E-state index < -0.39 is 6.09 Å². The molecule has 7 heteroatoms. The SMILES string of the molecule is O=C(O)N1CCC(c2nccnc2N2CCC(CO)CC2)CC1. The third-order valence-corrected chi connectivity index (χ3v) is 5.03. The van der Waals surface area contributed by atoms with E-state index in [0.717, 1.165) is 50.3 Å². The molecule has 0 unspecified atom stereocenters. The van der Waals surface area contributed by atoms with Crippen molar-refractivity contribution < 1.29 is 15.0 Å². The van der Waals surface area contributed by atoms with E-state index in [2.05, 4.69) is 14.9 Å². The fraction of sp³-hybridized carbons (Fsp3) is 0.688. The zero-order valence-corrected chi connectivity index (χ0v) is 13.3. The summed E-state index contributed by atoms with van der Waals surface area (Å²) in [6.07, 6.45) is 6.16. The Morgan fingerprint density at radius 3 is 2.35 bits per heavy atom. The lowest BCUT2D eigenvalue weighted by atomic mass is 9.92. The Hall–Kier alpha value is -1.89. The Kier molecular flexibility index (Phi) is 4.95. The molecule has 0 radical (unpaired) electrons. The highest BCUT2D eigenvalue weighted by molar-refractivity contribution is 5.65. The van der Waals surface area contributed by atoms with Crippen molar-refractivity contribution in [2.45, 2.75) is 31.6 Å². The maximum absolute atomic E-state index is 11.0. The lowest BCUT2D eigenvalue weighted by Crippen LogP contribution is -2.39. The molecule has 0 aromatic carbocycles. The highest BCUT2D eigenvalue weighted by atomic mass is 16.4. The number of rotatable bonds is 3. The summed E-state index contributed by atoms with van der Waals surface area (Å²) in [6, 6.07) is 0. The van der Waals surface area contributed by atoms with Crippen LogP contribution in [0.1, 0.15) is 37.3 Å². The highest BCUT2D eigenvalue weighted by Crippen LogP contribution is 2.33. The van der Waals surface area contributed by atoms with E-state index in [1.807, 2.05) is 0 Å². The number of amides is 1. The summed E-state index contributed by atoms with van der Waals surface area (Å²) in [6.45, 7) is 3.16. The molecular formula is C16H24N4O3. The third kappa shape index (κ3) is 3.55. The molecule has 0 aliphatic carbocycles. The number of nitrogens with zero attached hydrogens (tertiary/aromatic N) is 4. The second-order valence-electron chi connectivity index (χ2n) is 6.42. The van der Waals surface area contributed by atoms with E-state index in [4.69, 9.17) is 5.11 Å². The maximum atomic E-state index is 11.0. The number of aliphatic hydroxyl groups excluding tert-OH is 1. The molecule has 1 amide bonds. The number of carboxylic acid groups (broad SMARTS) is 1. The number of anilines is 1. The zero-order chi connectivity index (χ0) is 16.2. The van der Waals surface area contributed by atoms with Crippen molar-refractivity contribution >= 4 is 11.9 Å². The van der Waals surface area contributed by atoms with Gasteiger partial charge in [0.15, 0.2) is 5.82 Å². The molecule has 0 saturated carbocycles. The molecule has 0 spiro atoms. The smallest absolute Gasteiger partial charge is 0.407 e. The van der Waals surface area contributed by atoms with Crippen molar-refractivity contribution in [3.8, 4) is 0 Å². The van der Waals surface area contributed by atoms with Crippen LogP contribution in [0.15, 0.2) is 12.4 Å². The minimum atomic E-state index is -0.839. The van der Waals surface area contributed by atoms with Crippen LogP contribution >= 0.6 is 0 Å². The van der Waals surface area contributed by atoms with E-state index in [-0.39, 0.29) is 12.5 Å². The zero-order valence-electron chi connectivity index (χ0n) is 13.3. The molecule has 2 fully saturated rings. The quantitative estimate of drug-likeness (QED) is 0.878. The topological polar surface area (TPSA) is 89.8 Å². The minimum Gasteiger partial charge on any atom is -0.465 e. The van der Waals surface area contributed by atoms with Gasteiger partial charge in [-0.05, 0) is 31.6 Å². The van der Waals surface area contributed by atoms with Gasteiger partial charge in [-0.1, -0.05) is 0 Å². The highest BCUT2D eigenvalue weighted by Gasteiger charge is 2.29. The van der Waals surface area contributed by atoms with Crippen molar-refractivity contribution in [1.82, 2.24) is 14.9 Å². The standard InChI is InChI=1S/C16H24N4O3/c21-11-12-1-7-19(8-2-12)15-14(17-5-6-18-15)13-3-9-20(10-4-13)16(22)23/h5-6,12-13,21H,1-4,7-11H2,(H,22,23). The lowest BCUT2D eigenvalue weighted by Gasteiger charge is -2.35. The third-order valence-electron chi connectivity index (χ3n) is 5.03. The van der Waals surface area contributed by atoms with Crippen LogP contribution in [-0.2, 0) is 0 Å². The van der Waals surface area contributed by atoms with Crippen LogP contribution < -0.4 is 4.90 Å². The van der Waals surface area contributed by atoms with Crippen molar-refractivity contribution in [2.75, 3.05) is 37.7 Å². The summed E-state index contributed by atoms with van der Waals surface area (Å²) in [5.41, 5.74) is 1.000. The molecule has 23 heavy (non-hydrogen) atoms. The number of hydrogen-bond acceptors (Lipinski definition) is 5. The van der Waals surface area contributed by atoms with Crippen molar-refractivity contribution in [3.63, 3.8) is 0 Å². The summed E-state index contributed by atoms with van der Waals surface area (Å²) in [5, 5.41) is 18.3. The number of hydrogen-bond donors (Lipinski definition) is 2. The van der Waals surface area contributed by atoms with Gasteiger partial charge in [0.1, 0.15) is 0 Å². The Labute approximate surface area is 136 Å². The summed E-state index contributed by atoms with van der Waals surface area (Å²) in [7, 11) is 0. The monoisotopic (exact) mass is 320 g/mol. The molecule has 126 valence electrons. The van der Waals surface area contributed by atoms with E-state index in [0.29, 0.717) is 19.0 Å². The van der Waals surface area contributed by atoms with Crippen molar-refractivity contribution in [1.29, 1.82) is 0 Å². The average molecular weight is 320 g/mol. The van der Waals surface area contributed by atoms with Gasteiger partial charge in [-0.3, -0.25) is 4.98 Å². The molecule has 2 aliphatic heterocycles. The number of aromatic nitrogens is 2. The number of piperidine rings is 2. The van der Waals surface area contributed by atoms with E-state index in [1.165, 1.54) is 4.90 Å². The van der Waals surface area contributed by atoms with E-state index in [1.54, 1.807) is 12.4 Å². The summed E-state index contributed by atoms with van der Waals surface area (Å²) in [4.78, 5) is 23.9. The fourth-order valence-electron chi connectivity index (χ4n) is 3.54. The summed E-state index contributed by atoms with van der Waals surface area (Å²) >= 11 is 0. The van der Waals surface area contributed by atoms with Crippen LogP contribution in [0.5, 0.6) is 0 Å². The Balaban J connectivity index is 1.70. The van der Waals surface area contributed by atoms with Gasteiger partial charge in [0.25, 0.3) is 0 Å². The summed E-state index contributed by atoms with van der Waals surface area (Å²) in [5.74, 6) is 1.60.